The third-order valence-corrected chi connectivity index (χ3v) is 2.12. The van der Waals surface area contributed by atoms with E-state index in [0.29, 0.717) is 5.71 Å². The van der Waals surface area contributed by atoms with Gasteiger partial charge in [0.1, 0.15) is 0 Å². The maximum absolute atomic E-state index is 11.6. The average Bonchev–Trinajstić information content (AvgIpc) is 2.35. The van der Waals surface area contributed by atoms with E-state index in [1.807, 2.05) is 0 Å². The number of nitro groups is 1. The van der Waals surface area contributed by atoms with Gasteiger partial charge in [0.25, 0.3) is 11.6 Å². The number of nitro benzene ring substituents is 1. The summed E-state index contributed by atoms with van der Waals surface area (Å²) >= 11 is 0. The number of nitrogens with zero attached hydrogens (tertiary/aromatic N) is 2. The molecule has 0 fully saturated rings. The molecule has 0 bridgehead atoms. The summed E-state index contributed by atoms with van der Waals surface area (Å²) < 4.78 is 0. The van der Waals surface area contributed by atoms with E-state index in [-0.39, 0.29) is 17.7 Å². The van der Waals surface area contributed by atoms with Crippen LogP contribution >= 0.6 is 0 Å². The largest absolute Gasteiger partial charge is 0.369 e. The van der Waals surface area contributed by atoms with E-state index in [1.165, 1.54) is 24.3 Å². The van der Waals surface area contributed by atoms with E-state index < -0.39 is 16.7 Å². The first-order chi connectivity index (χ1) is 8.90. The standard InChI is InChI=1S/C11H12N4O4/c1-7(6-10(12)16)13-14-11(17)8-2-4-9(5-3-8)15(18)19/h2-5H,6H2,1H3,(H2,12,16)(H,14,17)/b13-7+. The number of nitrogens with one attached hydrogen (secondary N) is 1. The second-order valence-electron chi connectivity index (χ2n) is 3.74. The summed E-state index contributed by atoms with van der Waals surface area (Å²) in [6.07, 6.45) is -0.0550. The summed E-state index contributed by atoms with van der Waals surface area (Å²) in [5.41, 5.74) is 7.66. The molecule has 0 aliphatic rings. The smallest absolute Gasteiger partial charge is 0.271 e. The molecule has 0 saturated carbocycles. The summed E-state index contributed by atoms with van der Waals surface area (Å²) in [6.45, 7) is 1.54. The van der Waals surface area contributed by atoms with E-state index in [1.54, 1.807) is 6.92 Å². The normalized spacial score (nSPS) is 10.9. The molecule has 2 amide bonds. The third kappa shape index (κ3) is 4.54. The molecule has 0 unspecified atom stereocenters. The molecule has 8 nitrogen and oxygen atoms in total. The number of hydrazone groups is 1. The quantitative estimate of drug-likeness (QED) is 0.457. The minimum atomic E-state index is -0.559. The van der Waals surface area contributed by atoms with Gasteiger partial charge in [-0.05, 0) is 19.1 Å². The van der Waals surface area contributed by atoms with Crippen molar-refractivity contribution in [1.29, 1.82) is 0 Å². The van der Waals surface area contributed by atoms with Crippen LogP contribution in [0.1, 0.15) is 23.7 Å². The van der Waals surface area contributed by atoms with Crippen LogP contribution in [0, 0.1) is 10.1 Å². The van der Waals surface area contributed by atoms with Gasteiger partial charge in [-0.15, -0.1) is 0 Å². The molecule has 0 spiro atoms. The lowest BCUT2D eigenvalue weighted by Crippen LogP contribution is -2.21. The van der Waals surface area contributed by atoms with Gasteiger partial charge in [-0.1, -0.05) is 0 Å². The summed E-state index contributed by atoms with van der Waals surface area (Å²) in [7, 11) is 0. The molecule has 0 aromatic heterocycles. The SMILES string of the molecule is C/C(CC(N)=O)=N\NC(=O)c1ccc([N+](=O)[O-])cc1. The zero-order valence-corrected chi connectivity index (χ0v) is 10.1. The van der Waals surface area contributed by atoms with Crippen molar-refractivity contribution < 1.29 is 14.5 Å². The van der Waals surface area contributed by atoms with E-state index in [0.717, 1.165) is 0 Å². The fourth-order valence-electron chi connectivity index (χ4n) is 1.24. The summed E-state index contributed by atoms with van der Waals surface area (Å²) in [4.78, 5) is 32.1. The Labute approximate surface area is 108 Å². The van der Waals surface area contributed by atoms with E-state index in [9.17, 15) is 19.7 Å². The highest BCUT2D eigenvalue weighted by molar-refractivity contribution is 6.00. The molecule has 0 atom stereocenters. The minimum Gasteiger partial charge on any atom is -0.369 e. The number of amides is 2. The van der Waals surface area contributed by atoms with Crippen molar-refractivity contribution in [3.63, 3.8) is 0 Å². The van der Waals surface area contributed by atoms with E-state index >= 15 is 0 Å². The van der Waals surface area contributed by atoms with Gasteiger partial charge >= 0.3 is 0 Å². The summed E-state index contributed by atoms with van der Waals surface area (Å²) in [6, 6.07) is 5.06. The Balaban J connectivity index is 2.68. The number of carbonyl (C=O) groups is 2. The Morgan fingerprint density at radius 1 is 1.37 bits per heavy atom. The third-order valence-electron chi connectivity index (χ3n) is 2.12. The maximum Gasteiger partial charge on any atom is 0.271 e. The van der Waals surface area contributed by atoms with Crippen LogP contribution in [0.15, 0.2) is 29.4 Å². The van der Waals surface area contributed by atoms with Crippen LogP contribution in [0.5, 0.6) is 0 Å². The number of primary amides is 1. The molecule has 100 valence electrons. The van der Waals surface area contributed by atoms with Crippen molar-refractivity contribution in [2.75, 3.05) is 0 Å². The first-order valence-corrected chi connectivity index (χ1v) is 5.26. The lowest BCUT2D eigenvalue weighted by molar-refractivity contribution is -0.384. The van der Waals surface area contributed by atoms with E-state index in [4.69, 9.17) is 5.73 Å². The number of non-ortho nitro benzene ring substituents is 1. The first kappa shape index (κ1) is 14.3. The van der Waals surface area contributed by atoms with E-state index in [2.05, 4.69) is 10.5 Å². The van der Waals surface area contributed by atoms with Gasteiger partial charge in [-0.25, -0.2) is 5.43 Å². The predicted octanol–water partition coefficient (Wildman–Crippen LogP) is 0.576. The molecule has 0 radical (unpaired) electrons. The van der Waals surface area contributed by atoms with Crippen LogP contribution in [-0.2, 0) is 4.79 Å². The average molecular weight is 264 g/mol. The number of nitrogens with two attached hydrogens (primary N) is 1. The Morgan fingerprint density at radius 3 is 2.42 bits per heavy atom. The van der Waals surface area contributed by atoms with Crippen LogP contribution in [-0.4, -0.2) is 22.4 Å². The highest BCUT2D eigenvalue weighted by atomic mass is 16.6. The van der Waals surface area contributed by atoms with Crippen LogP contribution in [0.3, 0.4) is 0 Å². The van der Waals surface area contributed by atoms with Gasteiger partial charge in [-0.3, -0.25) is 19.7 Å². The molecule has 1 rings (SSSR count). The number of hydrogen-bond donors (Lipinski definition) is 2. The number of rotatable bonds is 5. The van der Waals surface area contributed by atoms with Crippen LogP contribution in [0.25, 0.3) is 0 Å². The highest BCUT2D eigenvalue weighted by Gasteiger charge is 2.09. The first-order valence-electron chi connectivity index (χ1n) is 5.26. The van der Waals surface area contributed by atoms with Gasteiger partial charge in [-0.2, -0.15) is 5.10 Å². The van der Waals surface area contributed by atoms with Crippen molar-refractivity contribution in [1.82, 2.24) is 5.43 Å². The van der Waals surface area contributed by atoms with Crippen molar-refractivity contribution in [2.45, 2.75) is 13.3 Å². The predicted molar refractivity (Wildman–Crippen MR) is 67.5 cm³/mol. The van der Waals surface area contributed by atoms with Crippen molar-refractivity contribution in [3.8, 4) is 0 Å². The van der Waals surface area contributed by atoms with Gasteiger partial charge < -0.3 is 5.73 Å². The highest BCUT2D eigenvalue weighted by Crippen LogP contribution is 2.11. The fourth-order valence-corrected chi connectivity index (χ4v) is 1.24. The Morgan fingerprint density at radius 2 is 1.95 bits per heavy atom. The molecule has 1 aromatic rings. The molecule has 3 N–H and O–H groups in total. The molecule has 0 heterocycles. The molecule has 19 heavy (non-hydrogen) atoms. The molecule has 8 heteroatoms. The molecule has 0 saturated heterocycles. The molecular weight excluding hydrogens is 252 g/mol. The fraction of sp³-hybridized carbons (Fsp3) is 0.182. The Bertz CT molecular complexity index is 536. The monoisotopic (exact) mass is 264 g/mol. The van der Waals surface area contributed by atoms with Crippen LogP contribution in [0.4, 0.5) is 5.69 Å². The zero-order valence-electron chi connectivity index (χ0n) is 10.1. The lowest BCUT2D eigenvalue weighted by Gasteiger charge is -2.01. The number of carbonyl (C=O) groups excluding carboxylic acids is 2. The van der Waals surface area contributed by atoms with Gasteiger partial charge in [0, 0.05) is 23.4 Å². The topological polar surface area (TPSA) is 128 Å². The second-order valence-corrected chi connectivity index (χ2v) is 3.74. The summed E-state index contributed by atoms with van der Waals surface area (Å²) in [5.74, 6) is -1.08. The lowest BCUT2D eigenvalue weighted by atomic mass is 10.2. The van der Waals surface area contributed by atoms with Crippen molar-refractivity contribution in [2.24, 2.45) is 10.8 Å². The molecular formula is C11H12N4O4. The Kier molecular flexibility index (Phi) is 4.69. The molecule has 0 aliphatic heterocycles. The number of benzene rings is 1. The van der Waals surface area contributed by atoms with Gasteiger partial charge in [0.2, 0.25) is 5.91 Å². The number of hydrogen-bond acceptors (Lipinski definition) is 5. The van der Waals surface area contributed by atoms with Gasteiger partial charge in [0.15, 0.2) is 0 Å². The van der Waals surface area contributed by atoms with Crippen LogP contribution in [0.2, 0.25) is 0 Å². The van der Waals surface area contributed by atoms with Crippen molar-refractivity contribution in [3.05, 3.63) is 39.9 Å². The second kappa shape index (κ2) is 6.24. The van der Waals surface area contributed by atoms with Crippen molar-refractivity contribution >= 4 is 23.2 Å². The van der Waals surface area contributed by atoms with Crippen LogP contribution < -0.4 is 11.2 Å². The zero-order chi connectivity index (χ0) is 14.4. The molecule has 0 aliphatic carbocycles. The van der Waals surface area contributed by atoms with Gasteiger partial charge in [0.05, 0.1) is 11.3 Å². The minimum absolute atomic E-state index is 0.0550. The Hall–Kier alpha value is -2.77. The maximum atomic E-state index is 11.6. The summed E-state index contributed by atoms with van der Waals surface area (Å²) in [5, 5.41) is 14.1. The molecule has 1 aromatic carbocycles.